The molecule has 24 heavy (non-hydrogen) atoms. The van der Waals surface area contributed by atoms with Crippen molar-refractivity contribution in [1.29, 1.82) is 0 Å². The average molecular weight is 322 g/mol. The van der Waals surface area contributed by atoms with Gasteiger partial charge < -0.3 is 5.32 Å². The first-order valence-electron chi connectivity index (χ1n) is 7.90. The first kappa shape index (κ1) is 15.9. The molecule has 122 valence electrons. The van der Waals surface area contributed by atoms with Crippen LogP contribution in [-0.2, 0) is 0 Å². The molecule has 3 amide bonds. The number of benzene rings is 2. The van der Waals surface area contributed by atoms with Gasteiger partial charge in [0.05, 0.1) is 11.1 Å². The van der Waals surface area contributed by atoms with Gasteiger partial charge in [-0.1, -0.05) is 26.0 Å². The second-order valence-electron chi connectivity index (χ2n) is 5.93. The summed E-state index contributed by atoms with van der Waals surface area (Å²) in [5.41, 5.74) is 2.83. The number of carbonyl (C=O) groups is 3. The van der Waals surface area contributed by atoms with Crippen LogP contribution in [0.1, 0.15) is 62.8 Å². The summed E-state index contributed by atoms with van der Waals surface area (Å²) in [5.74, 6) is -0.650. The molecular formula is C19H18N2O3. The normalized spacial score (nSPS) is 14.1. The lowest BCUT2D eigenvalue weighted by Crippen LogP contribution is -2.19. The minimum Gasteiger partial charge on any atom is -0.322 e. The van der Waals surface area contributed by atoms with E-state index < -0.39 is 11.8 Å². The Morgan fingerprint density at radius 1 is 1.04 bits per heavy atom. The van der Waals surface area contributed by atoms with E-state index in [0.717, 1.165) is 6.42 Å². The molecule has 0 fully saturated rings. The molecule has 1 unspecified atom stereocenters. The van der Waals surface area contributed by atoms with Crippen LogP contribution in [0.25, 0.3) is 0 Å². The summed E-state index contributed by atoms with van der Waals surface area (Å²) in [6.45, 7) is 4.27. The highest BCUT2D eigenvalue weighted by molar-refractivity contribution is 6.22. The molecule has 1 heterocycles. The third kappa shape index (κ3) is 2.93. The third-order valence-electron chi connectivity index (χ3n) is 4.35. The average Bonchev–Trinajstić information content (AvgIpc) is 2.88. The lowest BCUT2D eigenvalue weighted by Gasteiger charge is -2.10. The van der Waals surface area contributed by atoms with E-state index in [1.165, 1.54) is 17.7 Å². The van der Waals surface area contributed by atoms with Crippen LogP contribution in [0.3, 0.4) is 0 Å². The van der Waals surface area contributed by atoms with Gasteiger partial charge in [0.15, 0.2) is 0 Å². The topological polar surface area (TPSA) is 75.3 Å². The van der Waals surface area contributed by atoms with Crippen LogP contribution in [0, 0.1) is 0 Å². The van der Waals surface area contributed by atoms with Gasteiger partial charge in [-0.15, -0.1) is 0 Å². The maximum absolute atomic E-state index is 12.3. The van der Waals surface area contributed by atoms with Crippen LogP contribution in [-0.4, -0.2) is 17.7 Å². The fourth-order valence-corrected chi connectivity index (χ4v) is 2.65. The van der Waals surface area contributed by atoms with Gasteiger partial charge >= 0.3 is 0 Å². The molecule has 3 rings (SSSR count). The first-order chi connectivity index (χ1) is 11.5. The highest BCUT2D eigenvalue weighted by Crippen LogP contribution is 2.22. The number of carbonyl (C=O) groups excluding carboxylic acids is 3. The van der Waals surface area contributed by atoms with Crippen LogP contribution in [0.4, 0.5) is 5.69 Å². The van der Waals surface area contributed by atoms with Gasteiger partial charge in [-0.25, -0.2) is 0 Å². The van der Waals surface area contributed by atoms with E-state index in [-0.39, 0.29) is 11.5 Å². The summed E-state index contributed by atoms with van der Waals surface area (Å²) in [5, 5.41) is 4.98. The largest absolute Gasteiger partial charge is 0.322 e. The fourth-order valence-electron chi connectivity index (χ4n) is 2.65. The van der Waals surface area contributed by atoms with Crippen molar-refractivity contribution in [2.24, 2.45) is 0 Å². The highest BCUT2D eigenvalue weighted by Gasteiger charge is 2.26. The predicted molar refractivity (Wildman–Crippen MR) is 91.3 cm³/mol. The molecule has 2 N–H and O–H groups in total. The Labute approximate surface area is 140 Å². The zero-order valence-electron chi connectivity index (χ0n) is 13.6. The van der Waals surface area contributed by atoms with E-state index >= 15 is 0 Å². The molecule has 5 nitrogen and oxygen atoms in total. The van der Waals surface area contributed by atoms with Gasteiger partial charge in [-0.2, -0.15) is 0 Å². The van der Waals surface area contributed by atoms with E-state index in [1.54, 1.807) is 18.2 Å². The molecule has 1 aliphatic heterocycles. The number of nitrogens with one attached hydrogen (secondary N) is 2. The Morgan fingerprint density at radius 2 is 1.71 bits per heavy atom. The molecular weight excluding hydrogens is 304 g/mol. The summed E-state index contributed by atoms with van der Waals surface area (Å²) < 4.78 is 0. The predicted octanol–water partition coefficient (Wildman–Crippen LogP) is 3.34. The molecule has 0 saturated carbocycles. The minimum atomic E-state index is -0.441. The molecule has 0 radical (unpaired) electrons. The van der Waals surface area contributed by atoms with Crippen molar-refractivity contribution in [1.82, 2.24) is 5.32 Å². The van der Waals surface area contributed by atoms with Crippen molar-refractivity contribution >= 4 is 23.4 Å². The summed E-state index contributed by atoms with van der Waals surface area (Å²) in [4.78, 5) is 35.5. The van der Waals surface area contributed by atoms with Crippen molar-refractivity contribution < 1.29 is 14.4 Å². The zero-order valence-corrected chi connectivity index (χ0v) is 13.6. The van der Waals surface area contributed by atoms with Crippen molar-refractivity contribution in [3.8, 4) is 0 Å². The van der Waals surface area contributed by atoms with Gasteiger partial charge in [0.1, 0.15) is 0 Å². The molecule has 1 atom stereocenters. The number of anilines is 1. The van der Waals surface area contributed by atoms with Gasteiger partial charge in [0.25, 0.3) is 17.7 Å². The Bertz CT molecular complexity index is 825. The highest BCUT2D eigenvalue weighted by atomic mass is 16.2. The summed E-state index contributed by atoms with van der Waals surface area (Å²) in [6.07, 6.45) is 1.04. The SMILES string of the molecule is CCC(C)c1ccc(C(=O)Nc2ccc3c(c2)C(=O)NC3=O)cc1. The Balaban J connectivity index is 1.77. The molecule has 0 aliphatic carbocycles. The maximum atomic E-state index is 12.3. The van der Waals surface area contributed by atoms with Crippen molar-refractivity contribution in [2.75, 3.05) is 5.32 Å². The quantitative estimate of drug-likeness (QED) is 0.848. The summed E-state index contributed by atoms with van der Waals surface area (Å²) in [6, 6.07) is 12.2. The summed E-state index contributed by atoms with van der Waals surface area (Å²) in [7, 11) is 0. The summed E-state index contributed by atoms with van der Waals surface area (Å²) >= 11 is 0. The van der Waals surface area contributed by atoms with Gasteiger partial charge in [0, 0.05) is 11.3 Å². The lowest BCUT2D eigenvalue weighted by molar-refractivity contribution is 0.0878. The monoisotopic (exact) mass is 322 g/mol. The second kappa shape index (κ2) is 6.28. The molecule has 0 bridgehead atoms. The van der Waals surface area contributed by atoms with E-state index in [0.29, 0.717) is 22.7 Å². The minimum absolute atomic E-state index is 0.254. The van der Waals surface area contributed by atoms with Gasteiger partial charge in [-0.05, 0) is 48.2 Å². The molecule has 0 saturated heterocycles. The van der Waals surface area contributed by atoms with Crippen LogP contribution >= 0.6 is 0 Å². The van der Waals surface area contributed by atoms with Crippen LogP contribution in [0.2, 0.25) is 0 Å². The number of hydrogen-bond acceptors (Lipinski definition) is 3. The Kier molecular flexibility index (Phi) is 4.16. The molecule has 5 heteroatoms. The Morgan fingerprint density at radius 3 is 2.38 bits per heavy atom. The van der Waals surface area contributed by atoms with E-state index in [9.17, 15) is 14.4 Å². The van der Waals surface area contributed by atoms with E-state index in [2.05, 4.69) is 24.5 Å². The number of fused-ring (bicyclic) bond motifs is 1. The van der Waals surface area contributed by atoms with Gasteiger partial charge in [-0.3, -0.25) is 19.7 Å². The number of rotatable bonds is 4. The van der Waals surface area contributed by atoms with Crippen LogP contribution < -0.4 is 10.6 Å². The first-order valence-corrected chi connectivity index (χ1v) is 7.90. The van der Waals surface area contributed by atoms with Crippen LogP contribution in [0.5, 0.6) is 0 Å². The maximum Gasteiger partial charge on any atom is 0.259 e. The standard InChI is InChI=1S/C19H18N2O3/c1-3-11(2)12-4-6-13(7-5-12)17(22)20-14-8-9-15-16(10-14)19(24)21-18(15)23/h4-11H,3H2,1-2H3,(H,20,22)(H,21,23,24). The molecule has 2 aromatic carbocycles. The number of hydrogen-bond donors (Lipinski definition) is 2. The molecule has 2 aromatic rings. The molecule has 1 aliphatic rings. The van der Waals surface area contributed by atoms with Crippen molar-refractivity contribution in [2.45, 2.75) is 26.2 Å². The second-order valence-corrected chi connectivity index (χ2v) is 5.93. The molecule has 0 aromatic heterocycles. The van der Waals surface area contributed by atoms with Gasteiger partial charge in [0.2, 0.25) is 0 Å². The van der Waals surface area contributed by atoms with E-state index in [1.807, 2.05) is 12.1 Å². The van der Waals surface area contributed by atoms with Crippen LogP contribution in [0.15, 0.2) is 42.5 Å². The van der Waals surface area contributed by atoms with Crippen molar-refractivity contribution in [3.05, 3.63) is 64.7 Å². The lowest BCUT2D eigenvalue weighted by atomic mass is 9.97. The Hall–Kier alpha value is -2.95. The van der Waals surface area contributed by atoms with E-state index in [4.69, 9.17) is 0 Å². The third-order valence-corrected chi connectivity index (χ3v) is 4.35. The molecule has 0 spiro atoms. The number of amides is 3. The fraction of sp³-hybridized carbons (Fsp3) is 0.211. The number of imide groups is 1. The van der Waals surface area contributed by atoms with Crippen molar-refractivity contribution in [3.63, 3.8) is 0 Å². The smallest absolute Gasteiger partial charge is 0.259 e. The zero-order chi connectivity index (χ0) is 17.3.